The second-order valence-electron chi connectivity index (χ2n) is 5.97. The second-order valence-corrected chi connectivity index (χ2v) is 5.97. The van der Waals surface area contributed by atoms with E-state index >= 15 is 0 Å². The van der Waals surface area contributed by atoms with E-state index in [0.717, 1.165) is 36.8 Å². The van der Waals surface area contributed by atoms with E-state index in [1.54, 1.807) is 6.08 Å². The average Bonchev–Trinajstić information content (AvgIpc) is 2.48. The van der Waals surface area contributed by atoms with Gasteiger partial charge in [0.1, 0.15) is 5.76 Å². The number of unbranched alkanes of at least 4 members (excludes halogenated alkanes) is 1. The smallest absolute Gasteiger partial charge is 0.307 e. The molecule has 0 saturated carbocycles. The topological polar surface area (TPSA) is 43.4 Å². The maximum absolute atomic E-state index is 11.6. The number of esters is 1. The van der Waals surface area contributed by atoms with E-state index in [1.807, 2.05) is 19.1 Å². The van der Waals surface area contributed by atoms with Crippen LogP contribution in [0.3, 0.4) is 0 Å². The highest BCUT2D eigenvalue weighted by atomic mass is 16.5. The molecule has 23 heavy (non-hydrogen) atoms. The van der Waals surface area contributed by atoms with Crippen LogP contribution in [0.25, 0.3) is 0 Å². The molecule has 1 atom stereocenters. The van der Waals surface area contributed by atoms with Crippen LogP contribution in [0.1, 0.15) is 59.3 Å². The summed E-state index contributed by atoms with van der Waals surface area (Å²) >= 11 is 0. The first-order chi connectivity index (χ1) is 11.0. The molecule has 0 N–H and O–H groups in total. The van der Waals surface area contributed by atoms with E-state index in [4.69, 9.17) is 11.2 Å². The summed E-state index contributed by atoms with van der Waals surface area (Å²) in [6.07, 6.45) is 15.9. The Morgan fingerprint density at radius 1 is 1.52 bits per heavy atom. The molecule has 1 rings (SSSR count). The van der Waals surface area contributed by atoms with Gasteiger partial charge in [-0.3, -0.25) is 9.59 Å². The minimum Gasteiger partial charge on any atom is -0.431 e. The Kier molecular flexibility index (Phi) is 8.11. The molecule has 0 saturated heterocycles. The minimum absolute atomic E-state index is 0.204. The molecule has 1 aliphatic carbocycles. The number of carbonyl (C=O) groups is 2. The zero-order valence-electron chi connectivity index (χ0n) is 14.4. The summed E-state index contributed by atoms with van der Waals surface area (Å²) in [5, 5.41) is 0. The number of Topliss-reactive ketones (excluding diaryl/α,β-unsaturated/α-hetero) is 1. The van der Waals surface area contributed by atoms with Crippen molar-refractivity contribution in [2.24, 2.45) is 5.92 Å². The predicted molar refractivity (Wildman–Crippen MR) is 92.4 cm³/mol. The molecule has 0 spiro atoms. The highest BCUT2D eigenvalue weighted by Crippen LogP contribution is 2.27. The van der Waals surface area contributed by atoms with Crippen molar-refractivity contribution in [3.05, 3.63) is 35.1 Å². The van der Waals surface area contributed by atoms with E-state index in [9.17, 15) is 9.59 Å². The summed E-state index contributed by atoms with van der Waals surface area (Å²) in [6.45, 7) is 5.36. The third-order valence-electron chi connectivity index (χ3n) is 3.84. The van der Waals surface area contributed by atoms with Gasteiger partial charge in [0.05, 0.1) is 0 Å². The van der Waals surface area contributed by atoms with Crippen molar-refractivity contribution in [1.29, 1.82) is 0 Å². The molecule has 3 heteroatoms. The van der Waals surface area contributed by atoms with E-state index in [0.29, 0.717) is 18.6 Å². The van der Waals surface area contributed by atoms with Crippen LogP contribution in [0.15, 0.2) is 35.1 Å². The highest BCUT2D eigenvalue weighted by Gasteiger charge is 2.20. The lowest BCUT2D eigenvalue weighted by atomic mass is 9.87. The van der Waals surface area contributed by atoms with Crippen LogP contribution >= 0.6 is 0 Å². The van der Waals surface area contributed by atoms with E-state index in [1.165, 1.54) is 6.92 Å². The third-order valence-corrected chi connectivity index (χ3v) is 3.84. The molecule has 1 aliphatic rings. The number of ether oxygens (including phenoxy) is 1. The SMILES string of the molecule is C#C/C=C(\C=C(/CC1C=C(C)C(=O)CC1)OC(C)=O)CCCC. The lowest BCUT2D eigenvalue weighted by Gasteiger charge is -2.20. The summed E-state index contributed by atoms with van der Waals surface area (Å²) in [4.78, 5) is 23.0. The van der Waals surface area contributed by atoms with Crippen molar-refractivity contribution in [2.45, 2.75) is 59.3 Å². The second kappa shape index (κ2) is 9.84. The minimum atomic E-state index is -0.334. The van der Waals surface area contributed by atoms with Gasteiger partial charge in [0.15, 0.2) is 5.78 Å². The standard InChI is InChI=1S/C20H26O3/c1-5-7-9-17(8-6-2)13-19(23-16(4)21)14-18-10-11-20(22)15(3)12-18/h2,8,12-13,18H,5,7,9-11,14H2,1,3-4H3/b17-8-,19-13+. The normalized spacial score (nSPS) is 19.1. The molecule has 0 bridgehead atoms. The molecule has 0 fully saturated rings. The van der Waals surface area contributed by atoms with Crippen molar-refractivity contribution < 1.29 is 14.3 Å². The summed E-state index contributed by atoms with van der Waals surface area (Å²) < 4.78 is 5.37. The molecule has 0 aromatic heterocycles. The molecule has 0 radical (unpaired) electrons. The number of allylic oxidation sites excluding steroid dienone is 6. The predicted octanol–water partition coefficient (Wildman–Crippen LogP) is 4.50. The van der Waals surface area contributed by atoms with Gasteiger partial charge < -0.3 is 4.74 Å². The Morgan fingerprint density at radius 3 is 2.83 bits per heavy atom. The van der Waals surface area contributed by atoms with Crippen LogP contribution in [-0.2, 0) is 14.3 Å². The van der Waals surface area contributed by atoms with Crippen molar-refractivity contribution in [3.8, 4) is 12.3 Å². The van der Waals surface area contributed by atoms with Gasteiger partial charge in [-0.1, -0.05) is 25.3 Å². The lowest BCUT2D eigenvalue weighted by molar-refractivity contribution is -0.137. The van der Waals surface area contributed by atoms with Crippen molar-refractivity contribution in [1.82, 2.24) is 0 Å². The molecular weight excluding hydrogens is 288 g/mol. The quantitative estimate of drug-likeness (QED) is 0.301. The number of ketones is 1. The molecule has 3 nitrogen and oxygen atoms in total. The molecule has 124 valence electrons. The van der Waals surface area contributed by atoms with Gasteiger partial charge in [-0.15, -0.1) is 6.42 Å². The van der Waals surface area contributed by atoms with Gasteiger partial charge in [0, 0.05) is 19.8 Å². The summed E-state index contributed by atoms with van der Waals surface area (Å²) in [6, 6.07) is 0. The number of hydrogen-bond donors (Lipinski definition) is 0. The first kappa shape index (κ1) is 19.0. The molecule has 0 aliphatic heterocycles. The van der Waals surface area contributed by atoms with Crippen LogP contribution in [0, 0.1) is 18.3 Å². The first-order valence-electron chi connectivity index (χ1n) is 8.22. The molecule has 0 aromatic carbocycles. The first-order valence-corrected chi connectivity index (χ1v) is 8.22. The fourth-order valence-electron chi connectivity index (χ4n) is 2.66. The maximum atomic E-state index is 11.6. The summed E-state index contributed by atoms with van der Waals surface area (Å²) in [7, 11) is 0. The van der Waals surface area contributed by atoms with Gasteiger partial charge in [0.25, 0.3) is 0 Å². The highest BCUT2D eigenvalue weighted by molar-refractivity contribution is 5.95. The van der Waals surface area contributed by atoms with E-state index in [2.05, 4.69) is 12.8 Å². The van der Waals surface area contributed by atoms with Crippen LogP contribution < -0.4 is 0 Å². The Hall–Kier alpha value is -2.08. The number of terminal acetylenes is 1. The van der Waals surface area contributed by atoms with Crippen LogP contribution in [0.4, 0.5) is 0 Å². The van der Waals surface area contributed by atoms with Gasteiger partial charge in [-0.25, -0.2) is 0 Å². The molecule has 0 heterocycles. The van der Waals surface area contributed by atoms with Crippen LogP contribution in [0.5, 0.6) is 0 Å². The monoisotopic (exact) mass is 314 g/mol. The Labute approximate surface area is 139 Å². The van der Waals surface area contributed by atoms with Crippen molar-refractivity contribution in [3.63, 3.8) is 0 Å². The van der Waals surface area contributed by atoms with E-state index in [-0.39, 0.29) is 17.7 Å². The van der Waals surface area contributed by atoms with Gasteiger partial charge in [-0.2, -0.15) is 0 Å². The number of hydrogen-bond acceptors (Lipinski definition) is 3. The van der Waals surface area contributed by atoms with Crippen molar-refractivity contribution in [2.75, 3.05) is 0 Å². The number of carbonyl (C=O) groups excluding carboxylic acids is 2. The molecule has 0 amide bonds. The van der Waals surface area contributed by atoms with Gasteiger partial charge in [0.2, 0.25) is 0 Å². The van der Waals surface area contributed by atoms with Gasteiger partial charge in [-0.05, 0) is 55.4 Å². The zero-order valence-corrected chi connectivity index (χ0v) is 14.4. The fraction of sp³-hybridized carbons (Fsp3) is 0.500. The average molecular weight is 314 g/mol. The molecule has 1 unspecified atom stereocenters. The maximum Gasteiger partial charge on any atom is 0.307 e. The molecule has 0 aromatic rings. The summed E-state index contributed by atoms with van der Waals surface area (Å²) in [5.41, 5.74) is 1.80. The summed E-state index contributed by atoms with van der Waals surface area (Å²) in [5.74, 6) is 3.26. The fourth-order valence-corrected chi connectivity index (χ4v) is 2.66. The Morgan fingerprint density at radius 2 is 2.26 bits per heavy atom. The Bertz CT molecular complexity index is 570. The van der Waals surface area contributed by atoms with E-state index < -0.39 is 0 Å². The van der Waals surface area contributed by atoms with Crippen LogP contribution in [-0.4, -0.2) is 11.8 Å². The zero-order chi connectivity index (χ0) is 17.2. The van der Waals surface area contributed by atoms with Crippen molar-refractivity contribution >= 4 is 11.8 Å². The Balaban J connectivity index is 2.92. The number of rotatable bonds is 7. The van der Waals surface area contributed by atoms with Gasteiger partial charge >= 0.3 is 5.97 Å². The lowest BCUT2D eigenvalue weighted by Crippen LogP contribution is -2.14. The van der Waals surface area contributed by atoms with Crippen LogP contribution in [0.2, 0.25) is 0 Å². The largest absolute Gasteiger partial charge is 0.431 e. The molecular formula is C20H26O3. The third kappa shape index (κ3) is 7.15.